The zero-order valence-electron chi connectivity index (χ0n) is 14.1. The van der Waals surface area contributed by atoms with E-state index in [1.807, 2.05) is 36.6 Å². The molecule has 2 aromatic rings. The zero-order chi connectivity index (χ0) is 17.2. The number of carbonyl (C=O) groups is 1. The highest BCUT2D eigenvalue weighted by atomic mass is 32.1. The Labute approximate surface area is 147 Å². The minimum atomic E-state index is -0.243. The van der Waals surface area contributed by atoms with Crippen molar-refractivity contribution in [1.29, 1.82) is 0 Å². The summed E-state index contributed by atoms with van der Waals surface area (Å²) in [5.41, 5.74) is 0.675. The number of rotatable bonds is 9. The number of hydrogen-bond acceptors (Lipinski definition) is 4. The molecule has 1 aromatic carbocycles. The first-order valence-corrected chi connectivity index (χ1v) is 9.07. The standard InChI is InChI=1S/C18H24N2O3S/c1-3-9-22-16-8-7-14(12-17(16)23-10-4-2)20-18(21)19-13-15-6-5-11-24-15/h5-8,11-12H,3-4,9-10,13H2,1-2H3,(H2,19,20,21). The van der Waals surface area contributed by atoms with Crippen LogP contribution in [0, 0.1) is 0 Å². The Hall–Kier alpha value is -2.21. The molecule has 0 fully saturated rings. The second kappa shape index (κ2) is 9.82. The van der Waals surface area contributed by atoms with Crippen molar-refractivity contribution >= 4 is 23.1 Å². The first kappa shape index (κ1) is 18.1. The lowest BCUT2D eigenvalue weighted by molar-refractivity contribution is 0.251. The van der Waals surface area contributed by atoms with E-state index in [2.05, 4.69) is 17.6 Å². The van der Waals surface area contributed by atoms with Gasteiger partial charge in [-0.05, 0) is 36.4 Å². The summed E-state index contributed by atoms with van der Waals surface area (Å²) in [5, 5.41) is 7.64. The summed E-state index contributed by atoms with van der Waals surface area (Å²) < 4.78 is 11.4. The van der Waals surface area contributed by atoms with Gasteiger partial charge < -0.3 is 20.1 Å². The third-order valence-corrected chi connectivity index (χ3v) is 4.00. The Balaban J connectivity index is 1.96. The highest BCUT2D eigenvalue weighted by Crippen LogP contribution is 2.31. The molecule has 0 bridgehead atoms. The minimum Gasteiger partial charge on any atom is -0.490 e. The van der Waals surface area contributed by atoms with Gasteiger partial charge >= 0.3 is 6.03 Å². The monoisotopic (exact) mass is 348 g/mol. The van der Waals surface area contributed by atoms with E-state index < -0.39 is 0 Å². The Morgan fingerprint density at radius 3 is 2.50 bits per heavy atom. The average molecular weight is 348 g/mol. The van der Waals surface area contributed by atoms with Crippen LogP contribution in [0.2, 0.25) is 0 Å². The van der Waals surface area contributed by atoms with E-state index in [0.29, 0.717) is 36.9 Å². The van der Waals surface area contributed by atoms with E-state index in [1.54, 1.807) is 17.4 Å². The summed E-state index contributed by atoms with van der Waals surface area (Å²) in [6.07, 6.45) is 1.84. The maximum absolute atomic E-state index is 12.0. The first-order valence-electron chi connectivity index (χ1n) is 8.19. The van der Waals surface area contributed by atoms with Crippen LogP contribution in [0.5, 0.6) is 11.5 Å². The smallest absolute Gasteiger partial charge is 0.319 e. The van der Waals surface area contributed by atoms with Crippen molar-refractivity contribution in [2.75, 3.05) is 18.5 Å². The van der Waals surface area contributed by atoms with Crippen molar-refractivity contribution in [3.8, 4) is 11.5 Å². The summed E-state index contributed by atoms with van der Waals surface area (Å²) >= 11 is 1.61. The van der Waals surface area contributed by atoms with Crippen LogP contribution in [0.15, 0.2) is 35.7 Å². The number of amides is 2. The third kappa shape index (κ3) is 5.77. The zero-order valence-corrected chi connectivity index (χ0v) is 14.9. The van der Waals surface area contributed by atoms with Crippen molar-refractivity contribution in [2.24, 2.45) is 0 Å². The number of anilines is 1. The lowest BCUT2D eigenvalue weighted by Crippen LogP contribution is -2.27. The highest BCUT2D eigenvalue weighted by molar-refractivity contribution is 7.09. The van der Waals surface area contributed by atoms with Gasteiger partial charge in [-0.2, -0.15) is 0 Å². The molecule has 0 aliphatic carbocycles. The van der Waals surface area contributed by atoms with E-state index in [1.165, 1.54) is 0 Å². The molecule has 0 atom stereocenters. The number of thiophene rings is 1. The van der Waals surface area contributed by atoms with Gasteiger partial charge in [-0.25, -0.2) is 4.79 Å². The van der Waals surface area contributed by atoms with Crippen LogP contribution in [0.4, 0.5) is 10.5 Å². The van der Waals surface area contributed by atoms with Crippen LogP contribution in [0.1, 0.15) is 31.6 Å². The van der Waals surface area contributed by atoms with Gasteiger partial charge in [0.25, 0.3) is 0 Å². The van der Waals surface area contributed by atoms with Gasteiger partial charge in [0, 0.05) is 16.6 Å². The van der Waals surface area contributed by atoms with Crippen molar-refractivity contribution in [3.63, 3.8) is 0 Å². The molecule has 2 amide bonds. The molecule has 0 aliphatic rings. The van der Waals surface area contributed by atoms with Gasteiger partial charge in [-0.1, -0.05) is 19.9 Å². The van der Waals surface area contributed by atoms with Gasteiger partial charge in [-0.3, -0.25) is 0 Å². The topological polar surface area (TPSA) is 59.6 Å². The second-order valence-electron chi connectivity index (χ2n) is 5.25. The highest BCUT2D eigenvalue weighted by Gasteiger charge is 2.09. The molecule has 0 spiro atoms. The van der Waals surface area contributed by atoms with Crippen LogP contribution in [0.25, 0.3) is 0 Å². The molecule has 0 radical (unpaired) electrons. The number of hydrogen-bond donors (Lipinski definition) is 2. The van der Waals surface area contributed by atoms with Crippen LogP contribution < -0.4 is 20.1 Å². The van der Waals surface area contributed by atoms with E-state index >= 15 is 0 Å². The molecular weight excluding hydrogens is 324 g/mol. The van der Waals surface area contributed by atoms with Crippen molar-refractivity contribution in [3.05, 3.63) is 40.6 Å². The van der Waals surface area contributed by atoms with E-state index in [-0.39, 0.29) is 6.03 Å². The number of ether oxygens (including phenoxy) is 2. The average Bonchev–Trinajstić information content (AvgIpc) is 3.11. The Bertz CT molecular complexity index is 629. The molecule has 0 saturated carbocycles. The van der Waals surface area contributed by atoms with E-state index in [0.717, 1.165) is 17.7 Å². The first-order chi connectivity index (χ1) is 11.7. The lowest BCUT2D eigenvalue weighted by atomic mass is 10.2. The van der Waals surface area contributed by atoms with E-state index in [4.69, 9.17) is 9.47 Å². The number of benzene rings is 1. The maximum Gasteiger partial charge on any atom is 0.319 e. The molecule has 2 N–H and O–H groups in total. The molecule has 0 unspecified atom stereocenters. The molecule has 5 nitrogen and oxygen atoms in total. The summed E-state index contributed by atoms with van der Waals surface area (Å²) in [6.45, 7) is 5.86. The fourth-order valence-electron chi connectivity index (χ4n) is 2.00. The number of urea groups is 1. The van der Waals surface area contributed by atoms with Gasteiger partial charge in [0.15, 0.2) is 11.5 Å². The van der Waals surface area contributed by atoms with Crippen LogP contribution in [0.3, 0.4) is 0 Å². The van der Waals surface area contributed by atoms with Crippen LogP contribution in [-0.2, 0) is 6.54 Å². The predicted molar refractivity (Wildman–Crippen MR) is 98.2 cm³/mol. The Morgan fingerprint density at radius 2 is 1.83 bits per heavy atom. The molecule has 2 rings (SSSR count). The van der Waals surface area contributed by atoms with Crippen LogP contribution >= 0.6 is 11.3 Å². The van der Waals surface area contributed by atoms with Gasteiger partial charge in [0.2, 0.25) is 0 Å². The SMILES string of the molecule is CCCOc1ccc(NC(=O)NCc2cccs2)cc1OCCC. The normalized spacial score (nSPS) is 10.2. The Morgan fingerprint density at radius 1 is 1.08 bits per heavy atom. The van der Waals surface area contributed by atoms with Gasteiger partial charge in [0.05, 0.1) is 19.8 Å². The quantitative estimate of drug-likeness (QED) is 0.693. The summed E-state index contributed by atoms with van der Waals surface area (Å²) in [5.74, 6) is 1.36. The molecule has 0 saturated heterocycles. The maximum atomic E-state index is 12.0. The molecule has 1 aromatic heterocycles. The second-order valence-corrected chi connectivity index (χ2v) is 6.28. The third-order valence-electron chi connectivity index (χ3n) is 3.13. The fourth-order valence-corrected chi connectivity index (χ4v) is 2.64. The summed E-state index contributed by atoms with van der Waals surface area (Å²) in [6, 6.07) is 9.15. The van der Waals surface area contributed by atoms with Crippen LogP contribution in [-0.4, -0.2) is 19.2 Å². The summed E-state index contributed by atoms with van der Waals surface area (Å²) in [4.78, 5) is 13.1. The van der Waals surface area contributed by atoms with E-state index in [9.17, 15) is 4.79 Å². The minimum absolute atomic E-state index is 0.243. The largest absolute Gasteiger partial charge is 0.490 e. The Kier molecular flexibility index (Phi) is 7.42. The van der Waals surface area contributed by atoms with Gasteiger partial charge in [0.1, 0.15) is 0 Å². The molecule has 24 heavy (non-hydrogen) atoms. The molecule has 1 heterocycles. The number of nitrogens with one attached hydrogen (secondary N) is 2. The fraction of sp³-hybridized carbons (Fsp3) is 0.389. The molecular formula is C18H24N2O3S. The molecule has 0 aliphatic heterocycles. The lowest BCUT2D eigenvalue weighted by Gasteiger charge is -2.14. The number of carbonyl (C=O) groups excluding carboxylic acids is 1. The van der Waals surface area contributed by atoms with Crippen molar-refractivity contribution in [2.45, 2.75) is 33.2 Å². The summed E-state index contributed by atoms with van der Waals surface area (Å²) in [7, 11) is 0. The predicted octanol–water partition coefficient (Wildman–Crippen LogP) is 4.65. The van der Waals surface area contributed by atoms with Crippen molar-refractivity contribution in [1.82, 2.24) is 5.32 Å². The van der Waals surface area contributed by atoms with Gasteiger partial charge in [-0.15, -0.1) is 11.3 Å². The molecule has 6 heteroatoms. The molecule has 130 valence electrons. The van der Waals surface area contributed by atoms with Crippen molar-refractivity contribution < 1.29 is 14.3 Å².